The summed E-state index contributed by atoms with van der Waals surface area (Å²) in [5, 5.41) is 3.54. The van der Waals surface area contributed by atoms with Gasteiger partial charge in [0, 0.05) is 11.0 Å². The van der Waals surface area contributed by atoms with Crippen LogP contribution in [-0.4, -0.2) is 10.9 Å². The largest absolute Gasteiger partial charge is 0.298 e. The van der Waals surface area contributed by atoms with Crippen LogP contribution in [0.4, 0.5) is 5.13 Å². The lowest BCUT2D eigenvalue weighted by molar-refractivity contribution is -0.111. The highest BCUT2D eigenvalue weighted by Crippen LogP contribution is 2.30. The van der Waals surface area contributed by atoms with Crippen molar-refractivity contribution < 1.29 is 4.79 Å². The van der Waals surface area contributed by atoms with Crippen LogP contribution in [0.25, 0.3) is 6.08 Å². The third kappa shape index (κ3) is 2.90. The van der Waals surface area contributed by atoms with Crippen molar-refractivity contribution in [1.82, 2.24) is 4.98 Å². The van der Waals surface area contributed by atoms with Crippen LogP contribution >= 0.6 is 11.3 Å². The first-order chi connectivity index (χ1) is 9.31. The number of anilines is 1. The van der Waals surface area contributed by atoms with Crippen molar-refractivity contribution in [2.24, 2.45) is 0 Å². The van der Waals surface area contributed by atoms with Gasteiger partial charge in [0.2, 0.25) is 5.91 Å². The Morgan fingerprint density at radius 2 is 2.11 bits per heavy atom. The van der Waals surface area contributed by atoms with Crippen molar-refractivity contribution in [2.45, 2.75) is 19.3 Å². The maximum atomic E-state index is 11.8. The van der Waals surface area contributed by atoms with Gasteiger partial charge in [0.1, 0.15) is 0 Å². The van der Waals surface area contributed by atoms with Crippen LogP contribution in [0.2, 0.25) is 0 Å². The number of benzene rings is 1. The first-order valence-corrected chi connectivity index (χ1v) is 7.15. The molecule has 2 aromatic rings. The van der Waals surface area contributed by atoms with E-state index in [0.29, 0.717) is 5.13 Å². The Labute approximate surface area is 116 Å². The van der Waals surface area contributed by atoms with Gasteiger partial charge in [0.25, 0.3) is 0 Å². The Bertz CT molecular complexity index is 595. The van der Waals surface area contributed by atoms with E-state index >= 15 is 0 Å². The molecule has 1 N–H and O–H groups in total. The second-order valence-electron chi connectivity index (χ2n) is 4.48. The zero-order valence-electron chi connectivity index (χ0n) is 10.4. The number of nitrogens with zero attached hydrogens (tertiary/aromatic N) is 1. The standard InChI is InChI=1S/C15H14N2OS/c18-14(10-9-11-5-2-1-3-6-11)17-15-16-12-7-4-8-13(12)19-15/h1-3,5-6,9-10H,4,7-8H2,(H,16,17,18). The molecular formula is C15H14N2OS. The predicted molar refractivity (Wildman–Crippen MR) is 78.2 cm³/mol. The number of thiazole rings is 1. The van der Waals surface area contributed by atoms with Gasteiger partial charge in [-0.05, 0) is 30.9 Å². The topological polar surface area (TPSA) is 42.0 Å². The molecule has 1 aromatic heterocycles. The van der Waals surface area contributed by atoms with E-state index in [-0.39, 0.29) is 5.91 Å². The van der Waals surface area contributed by atoms with Crippen LogP contribution in [0.1, 0.15) is 22.6 Å². The molecule has 1 heterocycles. The van der Waals surface area contributed by atoms with Crippen LogP contribution in [-0.2, 0) is 17.6 Å². The Kier molecular flexibility index (Phi) is 3.42. The van der Waals surface area contributed by atoms with Crippen molar-refractivity contribution in [3.63, 3.8) is 0 Å². The van der Waals surface area contributed by atoms with E-state index < -0.39 is 0 Å². The molecule has 3 rings (SSSR count). The average Bonchev–Trinajstić information content (AvgIpc) is 2.98. The fourth-order valence-electron chi connectivity index (χ4n) is 2.13. The molecule has 0 spiro atoms. The molecule has 0 radical (unpaired) electrons. The van der Waals surface area contributed by atoms with Gasteiger partial charge < -0.3 is 0 Å². The first-order valence-electron chi connectivity index (χ1n) is 6.34. The maximum Gasteiger partial charge on any atom is 0.250 e. The van der Waals surface area contributed by atoms with Crippen molar-refractivity contribution in [3.8, 4) is 0 Å². The van der Waals surface area contributed by atoms with Crippen molar-refractivity contribution >= 4 is 28.5 Å². The average molecular weight is 270 g/mol. The molecule has 1 aromatic carbocycles. The molecular weight excluding hydrogens is 256 g/mol. The summed E-state index contributed by atoms with van der Waals surface area (Å²) in [7, 11) is 0. The SMILES string of the molecule is O=C(C=Cc1ccccc1)Nc1nc2c(s1)CCC2. The smallest absolute Gasteiger partial charge is 0.250 e. The molecule has 19 heavy (non-hydrogen) atoms. The molecule has 0 fully saturated rings. The van der Waals surface area contributed by atoms with Gasteiger partial charge in [-0.3, -0.25) is 10.1 Å². The van der Waals surface area contributed by atoms with Gasteiger partial charge in [-0.25, -0.2) is 4.98 Å². The fourth-order valence-corrected chi connectivity index (χ4v) is 3.18. The van der Waals surface area contributed by atoms with E-state index in [2.05, 4.69) is 10.3 Å². The van der Waals surface area contributed by atoms with Crippen LogP contribution in [0.15, 0.2) is 36.4 Å². The summed E-state index contributed by atoms with van der Waals surface area (Å²) in [6.07, 6.45) is 6.68. The zero-order chi connectivity index (χ0) is 13.1. The molecule has 1 aliphatic rings. The van der Waals surface area contributed by atoms with Gasteiger partial charge in [-0.1, -0.05) is 30.3 Å². The molecule has 96 valence electrons. The van der Waals surface area contributed by atoms with Crippen molar-refractivity contribution in [3.05, 3.63) is 52.5 Å². The molecule has 0 saturated heterocycles. The van der Waals surface area contributed by atoms with E-state index in [9.17, 15) is 4.79 Å². The van der Waals surface area contributed by atoms with Crippen molar-refractivity contribution in [2.75, 3.05) is 5.32 Å². The van der Waals surface area contributed by atoms with Crippen LogP contribution < -0.4 is 5.32 Å². The van der Waals surface area contributed by atoms with E-state index in [4.69, 9.17) is 0 Å². The second kappa shape index (κ2) is 5.36. The van der Waals surface area contributed by atoms with Gasteiger partial charge in [0.05, 0.1) is 5.69 Å². The Balaban J connectivity index is 1.63. The van der Waals surface area contributed by atoms with E-state index in [1.165, 1.54) is 11.3 Å². The number of carbonyl (C=O) groups excluding carboxylic acids is 1. The zero-order valence-corrected chi connectivity index (χ0v) is 11.2. The van der Waals surface area contributed by atoms with Gasteiger partial charge in [-0.2, -0.15) is 0 Å². The number of nitrogens with one attached hydrogen (secondary N) is 1. The molecule has 1 amide bonds. The summed E-state index contributed by atoms with van der Waals surface area (Å²) in [4.78, 5) is 17.5. The number of fused-ring (bicyclic) bond motifs is 1. The Morgan fingerprint density at radius 1 is 1.26 bits per heavy atom. The van der Waals surface area contributed by atoms with Gasteiger partial charge in [0.15, 0.2) is 5.13 Å². The highest BCUT2D eigenvalue weighted by atomic mass is 32.1. The highest BCUT2D eigenvalue weighted by molar-refractivity contribution is 7.15. The minimum Gasteiger partial charge on any atom is -0.298 e. The van der Waals surface area contributed by atoms with Crippen LogP contribution in [0, 0.1) is 0 Å². The Morgan fingerprint density at radius 3 is 2.89 bits per heavy atom. The van der Waals surface area contributed by atoms with E-state index in [1.807, 2.05) is 30.3 Å². The first kappa shape index (κ1) is 12.1. The molecule has 1 aliphatic carbocycles. The molecule has 0 unspecified atom stereocenters. The number of rotatable bonds is 3. The van der Waals surface area contributed by atoms with Crippen LogP contribution in [0.5, 0.6) is 0 Å². The minimum absolute atomic E-state index is 0.128. The quantitative estimate of drug-likeness (QED) is 0.870. The van der Waals surface area contributed by atoms with Gasteiger partial charge in [-0.15, -0.1) is 11.3 Å². The fraction of sp³-hybridized carbons (Fsp3) is 0.200. The number of aryl methyl sites for hydroxylation is 2. The summed E-state index contributed by atoms with van der Waals surface area (Å²) in [5.41, 5.74) is 2.17. The molecule has 3 nitrogen and oxygen atoms in total. The number of hydrogen-bond acceptors (Lipinski definition) is 3. The number of hydrogen-bond donors (Lipinski definition) is 1. The van der Waals surface area contributed by atoms with Gasteiger partial charge >= 0.3 is 0 Å². The monoisotopic (exact) mass is 270 g/mol. The Hall–Kier alpha value is -1.94. The van der Waals surface area contributed by atoms with Crippen molar-refractivity contribution in [1.29, 1.82) is 0 Å². The maximum absolute atomic E-state index is 11.8. The lowest BCUT2D eigenvalue weighted by Crippen LogP contribution is -2.07. The molecule has 4 heteroatoms. The number of amides is 1. The number of carbonyl (C=O) groups is 1. The summed E-state index contributed by atoms with van der Waals surface area (Å²) in [5.74, 6) is -0.128. The third-order valence-electron chi connectivity index (χ3n) is 3.05. The van der Waals surface area contributed by atoms with E-state index in [1.54, 1.807) is 23.5 Å². The molecule has 0 aliphatic heterocycles. The second-order valence-corrected chi connectivity index (χ2v) is 5.56. The molecule has 0 saturated carbocycles. The summed E-state index contributed by atoms with van der Waals surface area (Å²) >= 11 is 1.60. The highest BCUT2D eigenvalue weighted by Gasteiger charge is 2.17. The summed E-state index contributed by atoms with van der Waals surface area (Å²) in [6.45, 7) is 0. The summed E-state index contributed by atoms with van der Waals surface area (Å²) in [6, 6.07) is 9.77. The number of aromatic nitrogens is 1. The minimum atomic E-state index is -0.128. The lowest BCUT2D eigenvalue weighted by Gasteiger charge is -1.96. The lowest BCUT2D eigenvalue weighted by atomic mass is 10.2. The van der Waals surface area contributed by atoms with Crippen LogP contribution in [0.3, 0.4) is 0 Å². The molecule has 0 bridgehead atoms. The predicted octanol–water partition coefficient (Wildman–Crippen LogP) is 3.28. The van der Waals surface area contributed by atoms with E-state index in [0.717, 1.165) is 24.1 Å². The molecule has 0 atom stereocenters. The third-order valence-corrected chi connectivity index (χ3v) is 4.13. The normalized spacial score (nSPS) is 13.7. The summed E-state index contributed by atoms with van der Waals surface area (Å²) < 4.78 is 0.